The number of benzene rings is 1. The van der Waals surface area contributed by atoms with Crippen LogP contribution < -0.4 is 0 Å². The molecule has 0 atom stereocenters. The number of esters is 1. The Morgan fingerprint density at radius 2 is 1.62 bits per heavy atom. The Hall–Kier alpha value is -1.50. The SMILES string of the molecule is CCOC(=O)/C=C/c1ccc(C(OCC)(OCC)P(=O)(O)O)cc1. The van der Waals surface area contributed by atoms with E-state index in [0.29, 0.717) is 5.56 Å². The summed E-state index contributed by atoms with van der Waals surface area (Å²) in [6.07, 6.45) is 2.82. The lowest BCUT2D eigenvalue weighted by atomic mass is 10.1. The third-order valence-electron chi connectivity index (χ3n) is 3.04. The summed E-state index contributed by atoms with van der Waals surface area (Å²) in [6, 6.07) is 6.20. The topological polar surface area (TPSA) is 102 Å². The van der Waals surface area contributed by atoms with Gasteiger partial charge in [0.15, 0.2) is 0 Å². The van der Waals surface area contributed by atoms with Crippen LogP contribution in [0.5, 0.6) is 0 Å². The van der Waals surface area contributed by atoms with E-state index in [4.69, 9.17) is 14.2 Å². The number of carbonyl (C=O) groups excluding carboxylic acids is 1. The van der Waals surface area contributed by atoms with Crippen molar-refractivity contribution in [3.63, 3.8) is 0 Å². The summed E-state index contributed by atoms with van der Waals surface area (Å²) in [4.78, 5) is 30.8. The fourth-order valence-electron chi connectivity index (χ4n) is 2.10. The lowest BCUT2D eigenvalue weighted by Gasteiger charge is -2.33. The first-order valence-electron chi connectivity index (χ1n) is 7.59. The van der Waals surface area contributed by atoms with Crippen LogP contribution in [0.3, 0.4) is 0 Å². The van der Waals surface area contributed by atoms with Crippen molar-refractivity contribution in [3.8, 4) is 0 Å². The van der Waals surface area contributed by atoms with E-state index in [1.807, 2.05) is 0 Å². The highest BCUT2D eigenvalue weighted by atomic mass is 31.2. The van der Waals surface area contributed by atoms with E-state index >= 15 is 0 Å². The van der Waals surface area contributed by atoms with E-state index in [9.17, 15) is 19.1 Å². The number of carbonyl (C=O) groups is 1. The Morgan fingerprint density at radius 3 is 2.04 bits per heavy atom. The number of ether oxygens (including phenoxy) is 3. The van der Waals surface area contributed by atoms with Gasteiger partial charge in [0.25, 0.3) is 5.53 Å². The zero-order valence-electron chi connectivity index (χ0n) is 14.0. The summed E-state index contributed by atoms with van der Waals surface area (Å²) in [5.74, 6) is -0.463. The fourth-order valence-corrected chi connectivity index (χ4v) is 3.18. The second kappa shape index (κ2) is 9.11. The average molecular weight is 358 g/mol. The molecule has 0 aliphatic rings. The van der Waals surface area contributed by atoms with Gasteiger partial charge in [0, 0.05) is 24.9 Å². The van der Waals surface area contributed by atoms with Gasteiger partial charge in [0.05, 0.1) is 6.61 Å². The van der Waals surface area contributed by atoms with Gasteiger partial charge >= 0.3 is 13.6 Å². The first-order chi connectivity index (χ1) is 11.3. The molecule has 0 radical (unpaired) electrons. The highest BCUT2D eigenvalue weighted by molar-refractivity contribution is 7.52. The molecule has 7 nitrogen and oxygen atoms in total. The van der Waals surface area contributed by atoms with Crippen LogP contribution in [-0.2, 0) is 29.1 Å². The minimum Gasteiger partial charge on any atom is -0.463 e. The van der Waals surface area contributed by atoms with Gasteiger partial charge in [0.2, 0.25) is 0 Å². The molecule has 0 aliphatic carbocycles. The van der Waals surface area contributed by atoms with E-state index in [1.165, 1.54) is 18.2 Å². The first-order valence-corrected chi connectivity index (χ1v) is 9.20. The normalized spacial score (nSPS) is 12.5. The van der Waals surface area contributed by atoms with Gasteiger partial charge in [-0.3, -0.25) is 4.57 Å². The molecule has 0 amide bonds. The lowest BCUT2D eigenvalue weighted by molar-refractivity contribution is -0.192. The predicted octanol–water partition coefficient (Wildman–Crippen LogP) is 2.62. The zero-order valence-corrected chi connectivity index (χ0v) is 14.9. The standard InChI is InChI=1S/C16H23O7P/c1-4-21-15(17)12-9-13-7-10-14(11-8-13)16(22-5-2,23-6-3)24(18,19)20/h7-12H,4-6H2,1-3H3,(H2,18,19,20)/b12-9+. The molecule has 1 rings (SSSR count). The molecule has 24 heavy (non-hydrogen) atoms. The molecule has 2 N–H and O–H groups in total. The largest absolute Gasteiger partial charge is 0.463 e. The van der Waals surface area contributed by atoms with Gasteiger partial charge in [-0.15, -0.1) is 0 Å². The molecule has 0 fully saturated rings. The monoisotopic (exact) mass is 358 g/mol. The average Bonchev–Trinajstić information content (AvgIpc) is 2.52. The molecule has 134 valence electrons. The van der Waals surface area contributed by atoms with Crippen LogP contribution in [0.4, 0.5) is 0 Å². The van der Waals surface area contributed by atoms with Crippen molar-refractivity contribution in [2.75, 3.05) is 19.8 Å². The van der Waals surface area contributed by atoms with Crippen LogP contribution in [0.15, 0.2) is 30.3 Å². The van der Waals surface area contributed by atoms with Gasteiger partial charge in [-0.05, 0) is 32.4 Å². The summed E-state index contributed by atoms with van der Waals surface area (Å²) in [6.45, 7) is 5.38. The fraction of sp³-hybridized carbons (Fsp3) is 0.438. The minimum atomic E-state index is -4.75. The van der Waals surface area contributed by atoms with Crippen LogP contribution in [0.1, 0.15) is 31.9 Å². The van der Waals surface area contributed by atoms with Crippen molar-refractivity contribution in [2.24, 2.45) is 0 Å². The second-order valence-corrected chi connectivity index (χ2v) is 6.38. The van der Waals surface area contributed by atoms with E-state index in [2.05, 4.69) is 0 Å². The van der Waals surface area contributed by atoms with Crippen molar-refractivity contribution in [3.05, 3.63) is 41.5 Å². The maximum atomic E-state index is 12.0. The number of rotatable bonds is 9. The maximum Gasteiger partial charge on any atom is 0.389 e. The van der Waals surface area contributed by atoms with Crippen LogP contribution in [0, 0.1) is 0 Å². The van der Waals surface area contributed by atoms with Crippen LogP contribution >= 0.6 is 7.60 Å². The highest BCUT2D eigenvalue weighted by Gasteiger charge is 2.51. The Morgan fingerprint density at radius 1 is 1.08 bits per heavy atom. The van der Waals surface area contributed by atoms with Crippen LogP contribution in [-0.4, -0.2) is 35.6 Å². The summed E-state index contributed by atoms with van der Waals surface area (Å²) in [7, 11) is -4.75. The smallest absolute Gasteiger partial charge is 0.389 e. The summed E-state index contributed by atoms with van der Waals surface area (Å²) >= 11 is 0. The molecular formula is C16H23O7P. The van der Waals surface area contributed by atoms with Crippen molar-refractivity contribution < 1.29 is 33.4 Å². The number of hydrogen-bond donors (Lipinski definition) is 2. The van der Waals surface area contributed by atoms with Crippen molar-refractivity contribution >= 4 is 19.6 Å². The molecule has 0 unspecified atom stereocenters. The van der Waals surface area contributed by atoms with Crippen LogP contribution in [0.2, 0.25) is 0 Å². The Bertz CT molecular complexity index is 597. The molecule has 1 aromatic rings. The predicted molar refractivity (Wildman–Crippen MR) is 89.1 cm³/mol. The first kappa shape index (κ1) is 20.5. The number of hydrogen-bond acceptors (Lipinski definition) is 5. The van der Waals surface area contributed by atoms with Gasteiger partial charge in [0.1, 0.15) is 0 Å². The molecule has 0 heterocycles. The zero-order chi connectivity index (χ0) is 18.2. The third kappa shape index (κ3) is 5.00. The van der Waals surface area contributed by atoms with E-state index < -0.39 is 19.1 Å². The molecule has 0 saturated carbocycles. The van der Waals surface area contributed by atoms with Gasteiger partial charge in [-0.2, -0.15) is 0 Å². The maximum absolute atomic E-state index is 12.0. The van der Waals surface area contributed by atoms with E-state index in [1.54, 1.807) is 39.0 Å². The van der Waals surface area contributed by atoms with Crippen molar-refractivity contribution in [1.29, 1.82) is 0 Å². The lowest BCUT2D eigenvalue weighted by Crippen LogP contribution is -2.33. The van der Waals surface area contributed by atoms with Crippen LogP contribution in [0.25, 0.3) is 6.08 Å². The van der Waals surface area contributed by atoms with Gasteiger partial charge < -0.3 is 24.0 Å². The highest BCUT2D eigenvalue weighted by Crippen LogP contribution is 2.58. The van der Waals surface area contributed by atoms with E-state index in [-0.39, 0.29) is 25.4 Å². The molecule has 0 aliphatic heterocycles. The van der Waals surface area contributed by atoms with E-state index in [0.717, 1.165) is 0 Å². The van der Waals surface area contributed by atoms with Gasteiger partial charge in [-0.1, -0.05) is 24.3 Å². The summed E-state index contributed by atoms with van der Waals surface area (Å²) in [5, 5.41) is 0. The quantitative estimate of drug-likeness (QED) is 0.303. The summed E-state index contributed by atoms with van der Waals surface area (Å²) in [5.41, 5.74) is -1.27. The minimum absolute atomic E-state index is 0.0651. The molecular weight excluding hydrogens is 335 g/mol. The van der Waals surface area contributed by atoms with Gasteiger partial charge in [-0.25, -0.2) is 4.79 Å². The van der Waals surface area contributed by atoms with Crippen molar-refractivity contribution in [1.82, 2.24) is 0 Å². The molecule has 0 spiro atoms. The van der Waals surface area contributed by atoms with Crippen molar-refractivity contribution in [2.45, 2.75) is 26.3 Å². The molecule has 8 heteroatoms. The molecule has 0 bridgehead atoms. The molecule has 0 aromatic heterocycles. The Balaban J connectivity index is 3.14. The Kier molecular flexibility index (Phi) is 7.79. The Labute approximate surface area is 141 Å². The third-order valence-corrected chi connectivity index (χ3v) is 4.32. The summed E-state index contributed by atoms with van der Waals surface area (Å²) < 4.78 is 27.4. The second-order valence-electron chi connectivity index (χ2n) is 4.70. The molecule has 0 saturated heterocycles. The molecule has 1 aromatic carbocycles.